The van der Waals surface area contributed by atoms with Gasteiger partial charge in [0.15, 0.2) is 6.61 Å². The van der Waals surface area contributed by atoms with Crippen molar-refractivity contribution in [3.05, 3.63) is 39.7 Å². The number of carbonyl (C=O) groups excluding carboxylic acids is 1. The maximum absolute atomic E-state index is 11.7. The zero-order valence-corrected chi connectivity index (χ0v) is 13.5. The van der Waals surface area contributed by atoms with Crippen molar-refractivity contribution in [1.82, 2.24) is 0 Å². The summed E-state index contributed by atoms with van der Waals surface area (Å²) in [5, 5.41) is 0.849. The van der Waals surface area contributed by atoms with Crippen molar-refractivity contribution in [2.24, 2.45) is 0 Å². The van der Waals surface area contributed by atoms with Crippen molar-refractivity contribution >= 4 is 16.9 Å². The zero-order chi connectivity index (χ0) is 16.5. The smallest absolute Gasteiger partial charge is 0.344 e. The Morgan fingerprint density at radius 1 is 1.18 bits per heavy atom. The van der Waals surface area contributed by atoms with Crippen LogP contribution in [0.1, 0.15) is 31.9 Å². The summed E-state index contributed by atoms with van der Waals surface area (Å²) in [6.45, 7) is 8.78. The molecule has 1 aromatic heterocycles. The van der Waals surface area contributed by atoms with E-state index in [0.29, 0.717) is 16.9 Å². The standard InChI is InChI=1S/C17H20O5/c1-10-11(2)16(19)21-14-8-12(6-7-13(10)14)20-9-15(18)22-17(3,4)5/h6-8H,9H2,1-5H3. The number of fused-ring (bicyclic) bond motifs is 1. The van der Waals surface area contributed by atoms with E-state index in [1.807, 2.05) is 13.0 Å². The van der Waals surface area contributed by atoms with E-state index in [4.69, 9.17) is 13.9 Å². The molecule has 0 aliphatic carbocycles. The van der Waals surface area contributed by atoms with E-state index in [1.54, 1.807) is 39.8 Å². The summed E-state index contributed by atoms with van der Waals surface area (Å²) in [6.07, 6.45) is 0. The minimum atomic E-state index is -0.550. The molecule has 0 bridgehead atoms. The number of aryl methyl sites for hydroxylation is 1. The molecule has 0 fully saturated rings. The Hall–Kier alpha value is -2.30. The van der Waals surface area contributed by atoms with Gasteiger partial charge in [-0.05, 0) is 52.3 Å². The van der Waals surface area contributed by atoms with Crippen LogP contribution < -0.4 is 10.4 Å². The molecule has 2 aromatic rings. The van der Waals surface area contributed by atoms with Crippen LogP contribution >= 0.6 is 0 Å². The Balaban J connectivity index is 2.19. The van der Waals surface area contributed by atoms with Crippen LogP contribution in [0.3, 0.4) is 0 Å². The van der Waals surface area contributed by atoms with Crippen LogP contribution in [0.15, 0.2) is 27.4 Å². The first-order valence-electron chi connectivity index (χ1n) is 7.06. The van der Waals surface area contributed by atoms with Crippen molar-refractivity contribution in [1.29, 1.82) is 0 Å². The molecule has 118 valence electrons. The number of ether oxygens (including phenoxy) is 2. The highest BCUT2D eigenvalue weighted by Crippen LogP contribution is 2.23. The highest BCUT2D eigenvalue weighted by Gasteiger charge is 2.17. The van der Waals surface area contributed by atoms with E-state index in [-0.39, 0.29) is 12.2 Å². The number of hydrogen-bond donors (Lipinski definition) is 0. The fourth-order valence-electron chi connectivity index (χ4n) is 2.03. The molecule has 0 atom stereocenters. The van der Waals surface area contributed by atoms with E-state index in [9.17, 15) is 9.59 Å². The maximum atomic E-state index is 11.7. The molecule has 5 heteroatoms. The van der Waals surface area contributed by atoms with Crippen molar-refractivity contribution < 1.29 is 18.7 Å². The van der Waals surface area contributed by atoms with E-state index >= 15 is 0 Å². The van der Waals surface area contributed by atoms with Gasteiger partial charge in [-0.25, -0.2) is 9.59 Å². The molecular formula is C17H20O5. The second-order valence-electron chi connectivity index (χ2n) is 6.17. The van der Waals surface area contributed by atoms with E-state index < -0.39 is 11.6 Å². The summed E-state index contributed by atoms with van der Waals surface area (Å²) in [6, 6.07) is 5.15. The van der Waals surface area contributed by atoms with E-state index in [1.165, 1.54) is 0 Å². The molecule has 22 heavy (non-hydrogen) atoms. The van der Waals surface area contributed by atoms with Gasteiger partial charge in [-0.15, -0.1) is 0 Å². The van der Waals surface area contributed by atoms with Gasteiger partial charge >= 0.3 is 11.6 Å². The number of benzene rings is 1. The highest BCUT2D eigenvalue weighted by atomic mass is 16.6. The lowest BCUT2D eigenvalue weighted by Crippen LogP contribution is -2.27. The van der Waals surface area contributed by atoms with Crippen LogP contribution in [0, 0.1) is 13.8 Å². The first-order valence-corrected chi connectivity index (χ1v) is 7.06. The van der Waals surface area contributed by atoms with Crippen LogP contribution in [0.4, 0.5) is 0 Å². The topological polar surface area (TPSA) is 65.7 Å². The molecule has 0 radical (unpaired) electrons. The molecule has 2 rings (SSSR count). The normalized spacial score (nSPS) is 11.5. The van der Waals surface area contributed by atoms with Crippen LogP contribution in [-0.2, 0) is 9.53 Å². The van der Waals surface area contributed by atoms with Crippen LogP contribution in [0.2, 0.25) is 0 Å². The first kappa shape index (κ1) is 16.1. The average molecular weight is 304 g/mol. The molecule has 1 heterocycles. The second kappa shape index (κ2) is 5.83. The third-order valence-corrected chi connectivity index (χ3v) is 3.21. The number of esters is 1. The summed E-state index contributed by atoms with van der Waals surface area (Å²) in [4.78, 5) is 23.3. The number of carbonyl (C=O) groups is 1. The molecule has 5 nitrogen and oxygen atoms in total. The van der Waals surface area contributed by atoms with Crippen molar-refractivity contribution in [2.45, 2.75) is 40.2 Å². The highest BCUT2D eigenvalue weighted by molar-refractivity contribution is 5.82. The van der Waals surface area contributed by atoms with Crippen molar-refractivity contribution in [2.75, 3.05) is 6.61 Å². The molecule has 0 aliphatic rings. The Bertz CT molecular complexity index is 765. The predicted octanol–water partition coefficient (Wildman–Crippen LogP) is 3.13. The summed E-state index contributed by atoms with van der Waals surface area (Å²) in [7, 11) is 0. The Kier molecular flexibility index (Phi) is 4.26. The molecule has 0 saturated heterocycles. The van der Waals surface area contributed by atoms with Gasteiger partial charge in [0.05, 0.1) is 0 Å². The van der Waals surface area contributed by atoms with Gasteiger partial charge in [0.2, 0.25) is 0 Å². The Morgan fingerprint density at radius 2 is 1.86 bits per heavy atom. The molecule has 0 saturated carbocycles. The third-order valence-electron chi connectivity index (χ3n) is 3.21. The lowest BCUT2D eigenvalue weighted by molar-refractivity contribution is -0.157. The molecule has 0 amide bonds. The van der Waals surface area contributed by atoms with Crippen molar-refractivity contribution in [3.8, 4) is 5.75 Å². The van der Waals surface area contributed by atoms with Gasteiger partial charge in [-0.2, -0.15) is 0 Å². The largest absolute Gasteiger partial charge is 0.482 e. The lowest BCUT2D eigenvalue weighted by atomic mass is 10.1. The van der Waals surface area contributed by atoms with Gasteiger partial charge in [0, 0.05) is 17.0 Å². The van der Waals surface area contributed by atoms with E-state index in [0.717, 1.165) is 10.9 Å². The SMILES string of the molecule is Cc1c(C)c2ccc(OCC(=O)OC(C)(C)C)cc2oc1=O. The first-order chi connectivity index (χ1) is 10.2. The minimum Gasteiger partial charge on any atom is -0.482 e. The molecular weight excluding hydrogens is 284 g/mol. The Labute approximate surface area is 128 Å². The van der Waals surface area contributed by atoms with Crippen LogP contribution in [0.25, 0.3) is 11.0 Å². The fourth-order valence-corrected chi connectivity index (χ4v) is 2.03. The van der Waals surface area contributed by atoms with Crippen molar-refractivity contribution in [3.63, 3.8) is 0 Å². The van der Waals surface area contributed by atoms with Gasteiger partial charge < -0.3 is 13.9 Å². The lowest BCUT2D eigenvalue weighted by Gasteiger charge is -2.19. The summed E-state index contributed by atoms with van der Waals surface area (Å²) in [5.41, 5.74) is 0.995. The molecule has 0 unspecified atom stereocenters. The van der Waals surface area contributed by atoms with Crippen LogP contribution in [-0.4, -0.2) is 18.2 Å². The number of hydrogen-bond acceptors (Lipinski definition) is 5. The molecule has 0 aliphatic heterocycles. The van der Waals surface area contributed by atoms with Gasteiger partial charge in [0.1, 0.15) is 16.9 Å². The quantitative estimate of drug-likeness (QED) is 0.644. The minimum absolute atomic E-state index is 0.197. The molecule has 0 N–H and O–H groups in total. The number of rotatable bonds is 3. The van der Waals surface area contributed by atoms with Gasteiger partial charge in [-0.1, -0.05) is 0 Å². The average Bonchev–Trinajstić information content (AvgIpc) is 2.40. The summed E-state index contributed by atoms with van der Waals surface area (Å²) < 4.78 is 15.8. The molecule has 0 spiro atoms. The van der Waals surface area contributed by atoms with Gasteiger partial charge in [0.25, 0.3) is 0 Å². The maximum Gasteiger partial charge on any atom is 0.344 e. The zero-order valence-electron chi connectivity index (χ0n) is 13.5. The van der Waals surface area contributed by atoms with E-state index in [2.05, 4.69) is 0 Å². The fraction of sp³-hybridized carbons (Fsp3) is 0.412. The predicted molar refractivity (Wildman–Crippen MR) is 83.3 cm³/mol. The third kappa shape index (κ3) is 3.67. The van der Waals surface area contributed by atoms with Gasteiger partial charge in [-0.3, -0.25) is 0 Å². The molecule has 1 aromatic carbocycles. The monoisotopic (exact) mass is 304 g/mol. The van der Waals surface area contributed by atoms with Crippen LogP contribution in [0.5, 0.6) is 5.75 Å². The second-order valence-corrected chi connectivity index (χ2v) is 6.17. The summed E-state index contributed by atoms with van der Waals surface area (Å²) >= 11 is 0. The Morgan fingerprint density at radius 3 is 2.50 bits per heavy atom. The summed E-state index contributed by atoms with van der Waals surface area (Å²) in [5.74, 6) is -0.00102.